The van der Waals surface area contributed by atoms with E-state index in [9.17, 15) is 18.0 Å². The summed E-state index contributed by atoms with van der Waals surface area (Å²) in [5, 5.41) is 8.84. The molecule has 1 atom stereocenters. The van der Waals surface area contributed by atoms with Gasteiger partial charge in [-0.3, -0.25) is 0 Å². The van der Waals surface area contributed by atoms with Crippen molar-refractivity contribution in [3.05, 3.63) is 17.3 Å². The Morgan fingerprint density at radius 2 is 2.05 bits per heavy atom. The van der Waals surface area contributed by atoms with E-state index in [1.807, 2.05) is 13.8 Å². The Balaban J connectivity index is 2.46. The number of carboxylic acids is 1. The molecule has 4 nitrogen and oxygen atoms in total. The average Bonchev–Trinajstić information content (AvgIpc) is 2.72. The Kier molecular flexibility index (Phi) is 3.56. The third-order valence-corrected chi connectivity index (χ3v) is 3.91. The van der Waals surface area contributed by atoms with Gasteiger partial charge >= 0.3 is 12.1 Å². The van der Waals surface area contributed by atoms with Crippen LogP contribution in [0.25, 0.3) is 0 Å². The number of aromatic carboxylic acids is 1. The van der Waals surface area contributed by atoms with E-state index in [4.69, 9.17) is 9.52 Å². The first-order valence-electron chi connectivity index (χ1n) is 6.44. The van der Waals surface area contributed by atoms with Gasteiger partial charge in [0.2, 0.25) is 5.76 Å². The normalized spacial score (nSPS) is 22.8. The molecule has 0 saturated heterocycles. The Morgan fingerprint density at radius 1 is 1.40 bits per heavy atom. The van der Waals surface area contributed by atoms with Crippen molar-refractivity contribution >= 4 is 5.97 Å². The highest BCUT2D eigenvalue weighted by molar-refractivity contribution is 5.85. The minimum Gasteiger partial charge on any atom is -0.475 e. The molecule has 0 amide bonds. The molecule has 7 heteroatoms. The number of alkyl halides is 3. The Labute approximate surface area is 114 Å². The molecule has 1 aromatic heterocycles. The number of nitrogens with zero attached hydrogens (tertiary/aromatic N) is 1. The summed E-state index contributed by atoms with van der Waals surface area (Å²) in [6, 6.07) is 0. The van der Waals surface area contributed by atoms with Crippen LogP contribution in [0.5, 0.6) is 0 Å². The second kappa shape index (κ2) is 4.79. The molecule has 0 aromatic carbocycles. The number of carboxylic acid groups (broad SMARTS) is 1. The van der Waals surface area contributed by atoms with Gasteiger partial charge in [-0.05, 0) is 18.3 Å². The number of carbonyl (C=O) groups is 1. The SMILES string of the molecule is CC1(C)CCCCC1c1nc(C(F)(F)F)c(C(=O)O)o1. The van der Waals surface area contributed by atoms with Gasteiger partial charge in [0, 0.05) is 5.92 Å². The minimum atomic E-state index is -4.83. The fourth-order valence-electron chi connectivity index (χ4n) is 2.77. The van der Waals surface area contributed by atoms with Crippen LogP contribution in [0, 0.1) is 5.41 Å². The van der Waals surface area contributed by atoms with Crippen molar-refractivity contribution < 1.29 is 27.5 Å². The first-order valence-corrected chi connectivity index (χ1v) is 6.44. The van der Waals surface area contributed by atoms with Crippen molar-refractivity contribution in [3.63, 3.8) is 0 Å². The maximum absolute atomic E-state index is 12.8. The van der Waals surface area contributed by atoms with E-state index in [1.165, 1.54) is 0 Å². The van der Waals surface area contributed by atoms with Crippen LogP contribution in [0.4, 0.5) is 13.2 Å². The van der Waals surface area contributed by atoms with Crippen LogP contribution in [0.2, 0.25) is 0 Å². The number of hydrogen-bond acceptors (Lipinski definition) is 3. The van der Waals surface area contributed by atoms with Crippen molar-refractivity contribution in [2.45, 2.75) is 51.6 Å². The fourth-order valence-corrected chi connectivity index (χ4v) is 2.77. The summed E-state index contributed by atoms with van der Waals surface area (Å²) in [5.41, 5.74) is -1.69. The maximum atomic E-state index is 12.8. The van der Waals surface area contributed by atoms with Gasteiger partial charge in [-0.25, -0.2) is 9.78 Å². The molecule has 1 aliphatic carbocycles. The molecule has 0 spiro atoms. The molecule has 1 N–H and O–H groups in total. The molecule has 0 bridgehead atoms. The van der Waals surface area contributed by atoms with Crippen molar-refractivity contribution in [3.8, 4) is 0 Å². The van der Waals surface area contributed by atoms with Crippen LogP contribution >= 0.6 is 0 Å². The predicted molar refractivity (Wildman–Crippen MR) is 63.5 cm³/mol. The molecule has 1 saturated carbocycles. The first-order chi connectivity index (χ1) is 9.13. The van der Waals surface area contributed by atoms with Crippen LogP contribution in [-0.2, 0) is 6.18 Å². The third-order valence-electron chi connectivity index (χ3n) is 3.91. The smallest absolute Gasteiger partial charge is 0.437 e. The molecular weight excluding hydrogens is 275 g/mol. The first kappa shape index (κ1) is 14.9. The average molecular weight is 291 g/mol. The predicted octanol–water partition coefficient (Wildman–Crippen LogP) is 4.08. The van der Waals surface area contributed by atoms with Gasteiger partial charge in [0.15, 0.2) is 11.6 Å². The van der Waals surface area contributed by atoms with Crippen molar-refractivity contribution in [2.24, 2.45) is 5.41 Å². The monoisotopic (exact) mass is 291 g/mol. The van der Waals surface area contributed by atoms with Crippen LogP contribution in [0.3, 0.4) is 0 Å². The topological polar surface area (TPSA) is 63.3 Å². The molecule has 2 rings (SSSR count). The largest absolute Gasteiger partial charge is 0.475 e. The summed E-state index contributed by atoms with van der Waals surface area (Å²) in [6.45, 7) is 3.88. The number of rotatable bonds is 2. The number of aromatic nitrogens is 1. The highest BCUT2D eigenvalue weighted by Gasteiger charge is 2.44. The van der Waals surface area contributed by atoms with Gasteiger partial charge in [0.1, 0.15) is 0 Å². The Hall–Kier alpha value is -1.53. The highest BCUT2D eigenvalue weighted by Crippen LogP contribution is 2.47. The number of halogens is 3. The lowest BCUT2D eigenvalue weighted by atomic mass is 9.69. The fraction of sp³-hybridized carbons (Fsp3) is 0.692. The van der Waals surface area contributed by atoms with E-state index < -0.39 is 23.6 Å². The van der Waals surface area contributed by atoms with Gasteiger partial charge in [0.25, 0.3) is 0 Å². The summed E-state index contributed by atoms with van der Waals surface area (Å²) in [6.07, 6.45) is -1.44. The zero-order valence-electron chi connectivity index (χ0n) is 11.3. The standard InChI is InChI=1S/C13H16F3NO3/c1-12(2)6-4-3-5-7(12)10-17-9(13(14,15)16)8(20-10)11(18)19/h7H,3-6H2,1-2H3,(H,18,19). The van der Waals surface area contributed by atoms with Crippen LogP contribution < -0.4 is 0 Å². The molecule has 0 radical (unpaired) electrons. The summed E-state index contributed by atoms with van der Waals surface area (Å²) in [5.74, 6) is -3.26. The summed E-state index contributed by atoms with van der Waals surface area (Å²) in [7, 11) is 0. The minimum absolute atomic E-state index is 0.112. The summed E-state index contributed by atoms with van der Waals surface area (Å²) < 4.78 is 43.3. The lowest BCUT2D eigenvalue weighted by Crippen LogP contribution is -2.26. The van der Waals surface area contributed by atoms with Crippen LogP contribution in [0.1, 0.15) is 67.6 Å². The Morgan fingerprint density at radius 3 is 2.50 bits per heavy atom. The van der Waals surface area contributed by atoms with E-state index >= 15 is 0 Å². The van der Waals surface area contributed by atoms with Crippen LogP contribution in [-0.4, -0.2) is 16.1 Å². The van der Waals surface area contributed by atoms with Gasteiger partial charge in [-0.1, -0.05) is 26.7 Å². The molecule has 1 aromatic rings. The zero-order chi connectivity index (χ0) is 15.1. The number of oxazole rings is 1. The quantitative estimate of drug-likeness (QED) is 0.892. The lowest BCUT2D eigenvalue weighted by molar-refractivity contribution is -0.141. The highest BCUT2D eigenvalue weighted by atomic mass is 19.4. The number of hydrogen-bond donors (Lipinski definition) is 1. The van der Waals surface area contributed by atoms with Crippen molar-refractivity contribution in [1.29, 1.82) is 0 Å². The second-order valence-electron chi connectivity index (χ2n) is 5.82. The lowest BCUT2D eigenvalue weighted by Gasteiger charge is -2.36. The van der Waals surface area contributed by atoms with Crippen LogP contribution in [0.15, 0.2) is 4.42 Å². The molecule has 1 aliphatic rings. The molecule has 1 heterocycles. The van der Waals surface area contributed by atoms with Gasteiger partial charge in [0.05, 0.1) is 0 Å². The molecule has 1 fully saturated rings. The second-order valence-corrected chi connectivity index (χ2v) is 5.82. The molecule has 0 aliphatic heterocycles. The van der Waals surface area contributed by atoms with E-state index in [1.54, 1.807) is 0 Å². The van der Waals surface area contributed by atoms with Crippen molar-refractivity contribution in [1.82, 2.24) is 4.98 Å². The third kappa shape index (κ3) is 2.66. The summed E-state index contributed by atoms with van der Waals surface area (Å²) in [4.78, 5) is 14.3. The molecule has 1 unspecified atom stereocenters. The van der Waals surface area contributed by atoms with E-state index in [0.29, 0.717) is 6.42 Å². The van der Waals surface area contributed by atoms with Crippen molar-refractivity contribution in [2.75, 3.05) is 0 Å². The maximum Gasteiger partial charge on any atom is 0.437 e. The van der Waals surface area contributed by atoms with Gasteiger partial charge in [-0.2, -0.15) is 13.2 Å². The van der Waals surface area contributed by atoms with Gasteiger partial charge < -0.3 is 9.52 Å². The molecular formula is C13H16F3NO3. The van der Waals surface area contributed by atoms with Gasteiger partial charge in [-0.15, -0.1) is 0 Å². The van der Waals surface area contributed by atoms with E-state index in [-0.39, 0.29) is 17.2 Å². The van der Waals surface area contributed by atoms with E-state index in [2.05, 4.69) is 4.98 Å². The molecule has 20 heavy (non-hydrogen) atoms. The molecule has 112 valence electrons. The van der Waals surface area contributed by atoms with E-state index in [0.717, 1.165) is 19.3 Å². The Bertz CT molecular complexity index is 519. The zero-order valence-corrected chi connectivity index (χ0v) is 11.3. The summed E-state index contributed by atoms with van der Waals surface area (Å²) >= 11 is 0.